The van der Waals surface area contributed by atoms with Crippen molar-refractivity contribution in [3.8, 4) is 16.9 Å². The van der Waals surface area contributed by atoms with Gasteiger partial charge in [-0.05, 0) is 35.4 Å². The van der Waals surface area contributed by atoms with Crippen molar-refractivity contribution in [1.29, 1.82) is 0 Å². The van der Waals surface area contributed by atoms with E-state index < -0.39 is 0 Å². The number of halogens is 1. The van der Waals surface area contributed by atoms with E-state index in [1.54, 1.807) is 12.1 Å². The first-order valence-electron chi connectivity index (χ1n) is 5.92. The van der Waals surface area contributed by atoms with Gasteiger partial charge in [-0.25, -0.2) is 4.39 Å². The summed E-state index contributed by atoms with van der Waals surface area (Å²) < 4.78 is 23.6. The van der Waals surface area contributed by atoms with Gasteiger partial charge in [0.05, 0.1) is 6.61 Å². The third kappa shape index (κ3) is 2.68. The second-order valence-corrected chi connectivity index (χ2v) is 4.30. The maximum Gasteiger partial charge on any atom is 0.123 e. The van der Waals surface area contributed by atoms with Gasteiger partial charge in [0.2, 0.25) is 0 Å². The molecular weight excluding hydrogens is 231 g/mol. The Balaban J connectivity index is 1.78. The minimum atomic E-state index is -0.225. The SMILES string of the molecule is Fc1ccc(-c2cccc(OCC3CO3)c2)cc1. The maximum atomic E-state index is 12.9. The van der Waals surface area contributed by atoms with Crippen LogP contribution in [0.1, 0.15) is 0 Å². The van der Waals surface area contributed by atoms with Crippen molar-refractivity contribution in [1.82, 2.24) is 0 Å². The largest absolute Gasteiger partial charge is 0.491 e. The van der Waals surface area contributed by atoms with Crippen LogP contribution in [0, 0.1) is 5.82 Å². The lowest BCUT2D eigenvalue weighted by molar-refractivity contribution is 0.263. The molecule has 2 aromatic rings. The first kappa shape index (κ1) is 11.2. The highest BCUT2D eigenvalue weighted by Crippen LogP contribution is 2.24. The van der Waals surface area contributed by atoms with Gasteiger partial charge in [0, 0.05) is 0 Å². The van der Waals surface area contributed by atoms with Gasteiger partial charge in [-0.2, -0.15) is 0 Å². The standard InChI is InChI=1S/C15H13FO2/c16-13-6-4-11(5-7-13)12-2-1-3-14(8-12)17-9-15-10-18-15/h1-8,15H,9-10H2. The lowest BCUT2D eigenvalue weighted by Crippen LogP contribution is -2.03. The third-order valence-electron chi connectivity index (χ3n) is 2.85. The second kappa shape index (κ2) is 4.78. The van der Waals surface area contributed by atoms with Crippen LogP contribution in [-0.2, 0) is 4.74 Å². The summed E-state index contributed by atoms with van der Waals surface area (Å²) in [6.45, 7) is 1.38. The summed E-state index contributed by atoms with van der Waals surface area (Å²) in [5, 5.41) is 0. The molecule has 0 bridgehead atoms. The number of rotatable bonds is 4. The fraction of sp³-hybridized carbons (Fsp3) is 0.200. The number of hydrogen-bond donors (Lipinski definition) is 0. The van der Waals surface area contributed by atoms with E-state index in [1.807, 2.05) is 24.3 Å². The predicted molar refractivity (Wildman–Crippen MR) is 67.1 cm³/mol. The molecule has 2 nitrogen and oxygen atoms in total. The average molecular weight is 244 g/mol. The molecule has 92 valence electrons. The summed E-state index contributed by atoms with van der Waals surface area (Å²) in [7, 11) is 0. The average Bonchev–Trinajstić information content (AvgIpc) is 3.22. The topological polar surface area (TPSA) is 21.8 Å². The molecule has 1 saturated heterocycles. The zero-order valence-electron chi connectivity index (χ0n) is 9.80. The molecule has 0 radical (unpaired) electrons. The van der Waals surface area contributed by atoms with Gasteiger partial charge < -0.3 is 9.47 Å². The summed E-state index contributed by atoms with van der Waals surface area (Å²) >= 11 is 0. The second-order valence-electron chi connectivity index (χ2n) is 4.30. The highest BCUT2D eigenvalue weighted by molar-refractivity contribution is 5.64. The zero-order valence-corrected chi connectivity index (χ0v) is 9.80. The molecule has 1 fully saturated rings. The lowest BCUT2D eigenvalue weighted by atomic mass is 10.1. The van der Waals surface area contributed by atoms with Gasteiger partial charge in [-0.3, -0.25) is 0 Å². The van der Waals surface area contributed by atoms with Gasteiger partial charge in [0.15, 0.2) is 0 Å². The number of hydrogen-bond acceptors (Lipinski definition) is 2. The minimum absolute atomic E-state index is 0.225. The Morgan fingerprint density at radius 3 is 2.61 bits per heavy atom. The smallest absolute Gasteiger partial charge is 0.123 e. The molecular formula is C15H13FO2. The molecule has 3 heteroatoms. The van der Waals surface area contributed by atoms with Gasteiger partial charge >= 0.3 is 0 Å². The van der Waals surface area contributed by atoms with Crippen molar-refractivity contribution in [3.63, 3.8) is 0 Å². The van der Waals surface area contributed by atoms with Crippen LogP contribution in [0.5, 0.6) is 5.75 Å². The quantitative estimate of drug-likeness (QED) is 0.770. The molecule has 1 heterocycles. The molecule has 1 aliphatic heterocycles. The lowest BCUT2D eigenvalue weighted by Gasteiger charge is -2.07. The highest BCUT2D eigenvalue weighted by Gasteiger charge is 2.22. The van der Waals surface area contributed by atoms with Crippen LogP contribution in [0.15, 0.2) is 48.5 Å². The summed E-state index contributed by atoms with van der Waals surface area (Å²) in [5.41, 5.74) is 1.99. The Labute approximate surface area is 105 Å². The van der Waals surface area contributed by atoms with Crippen molar-refractivity contribution < 1.29 is 13.9 Å². The molecule has 1 aliphatic rings. The van der Waals surface area contributed by atoms with E-state index in [0.29, 0.717) is 6.61 Å². The van der Waals surface area contributed by atoms with E-state index in [1.165, 1.54) is 12.1 Å². The Bertz CT molecular complexity index is 532. The molecule has 18 heavy (non-hydrogen) atoms. The van der Waals surface area contributed by atoms with Crippen LogP contribution in [0.25, 0.3) is 11.1 Å². The van der Waals surface area contributed by atoms with Crippen LogP contribution < -0.4 is 4.74 Å². The maximum absolute atomic E-state index is 12.9. The first-order chi connectivity index (χ1) is 8.81. The normalized spacial score (nSPS) is 17.5. The molecule has 0 saturated carbocycles. The molecule has 1 atom stereocenters. The molecule has 0 aliphatic carbocycles. The van der Waals surface area contributed by atoms with Crippen molar-refractivity contribution in [2.24, 2.45) is 0 Å². The molecule has 2 aromatic carbocycles. The molecule has 0 N–H and O–H groups in total. The summed E-state index contributed by atoms with van der Waals surface area (Å²) in [6, 6.07) is 14.2. The molecule has 0 amide bonds. The third-order valence-corrected chi connectivity index (χ3v) is 2.85. The van der Waals surface area contributed by atoms with E-state index in [-0.39, 0.29) is 11.9 Å². The summed E-state index contributed by atoms with van der Waals surface area (Å²) in [6.07, 6.45) is 0.250. The van der Waals surface area contributed by atoms with Gasteiger partial charge in [-0.15, -0.1) is 0 Å². The fourth-order valence-electron chi connectivity index (χ4n) is 1.76. The number of benzene rings is 2. The van der Waals surface area contributed by atoms with Crippen molar-refractivity contribution >= 4 is 0 Å². The van der Waals surface area contributed by atoms with E-state index >= 15 is 0 Å². The van der Waals surface area contributed by atoms with Crippen LogP contribution in [0.2, 0.25) is 0 Å². The molecule has 1 unspecified atom stereocenters. The fourth-order valence-corrected chi connectivity index (χ4v) is 1.76. The predicted octanol–water partition coefficient (Wildman–Crippen LogP) is 3.27. The van der Waals surface area contributed by atoms with E-state index in [0.717, 1.165) is 23.5 Å². The van der Waals surface area contributed by atoms with Crippen molar-refractivity contribution in [2.45, 2.75) is 6.10 Å². The van der Waals surface area contributed by atoms with Gasteiger partial charge in [0.25, 0.3) is 0 Å². The van der Waals surface area contributed by atoms with Gasteiger partial charge in [-0.1, -0.05) is 24.3 Å². The Morgan fingerprint density at radius 2 is 1.89 bits per heavy atom. The minimum Gasteiger partial charge on any atom is -0.491 e. The van der Waals surface area contributed by atoms with Crippen molar-refractivity contribution in [3.05, 3.63) is 54.3 Å². The van der Waals surface area contributed by atoms with Crippen molar-refractivity contribution in [2.75, 3.05) is 13.2 Å². The molecule has 0 aromatic heterocycles. The van der Waals surface area contributed by atoms with Gasteiger partial charge in [0.1, 0.15) is 24.3 Å². The highest BCUT2D eigenvalue weighted by atomic mass is 19.1. The van der Waals surface area contributed by atoms with E-state index in [2.05, 4.69) is 0 Å². The monoisotopic (exact) mass is 244 g/mol. The van der Waals surface area contributed by atoms with Crippen LogP contribution in [0.4, 0.5) is 4.39 Å². The van der Waals surface area contributed by atoms with Crippen LogP contribution >= 0.6 is 0 Å². The molecule has 0 spiro atoms. The molecule has 3 rings (SSSR count). The first-order valence-corrected chi connectivity index (χ1v) is 5.92. The van der Waals surface area contributed by atoms with Crippen LogP contribution in [0.3, 0.4) is 0 Å². The number of ether oxygens (including phenoxy) is 2. The van der Waals surface area contributed by atoms with E-state index in [4.69, 9.17) is 9.47 Å². The Hall–Kier alpha value is -1.87. The van der Waals surface area contributed by atoms with E-state index in [9.17, 15) is 4.39 Å². The number of epoxide rings is 1. The summed E-state index contributed by atoms with van der Waals surface area (Å²) in [4.78, 5) is 0. The summed E-state index contributed by atoms with van der Waals surface area (Å²) in [5.74, 6) is 0.587. The Kier molecular flexibility index (Phi) is 2.99. The van der Waals surface area contributed by atoms with Crippen LogP contribution in [-0.4, -0.2) is 19.3 Å². The Morgan fingerprint density at radius 1 is 1.11 bits per heavy atom. The zero-order chi connectivity index (χ0) is 12.4.